The number of ether oxygens (including phenoxy) is 1. The van der Waals surface area contributed by atoms with E-state index in [1.807, 2.05) is 0 Å². The maximum atomic E-state index is 13.7. The Balaban J connectivity index is 2.22. The first-order valence-electron chi connectivity index (χ1n) is 6.14. The molecule has 20 heavy (non-hydrogen) atoms. The van der Waals surface area contributed by atoms with Gasteiger partial charge in [0.15, 0.2) is 0 Å². The molecule has 5 nitrogen and oxygen atoms in total. The predicted molar refractivity (Wildman–Crippen MR) is 75.1 cm³/mol. The molecule has 0 aliphatic carbocycles. The van der Waals surface area contributed by atoms with E-state index in [2.05, 4.69) is 31.3 Å². The van der Waals surface area contributed by atoms with Crippen molar-refractivity contribution in [1.82, 2.24) is 5.32 Å². The molecule has 0 bridgehead atoms. The van der Waals surface area contributed by atoms with Gasteiger partial charge in [-0.15, -0.1) is 0 Å². The number of nitrogens with one attached hydrogen (secondary N) is 2. The Morgan fingerprint density at radius 2 is 2.25 bits per heavy atom. The Kier molecular flexibility index (Phi) is 4.72. The Labute approximate surface area is 124 Å². The second-order valence-electron chi connectivity index (χ2n) is 4.44. The van der Waals surface area contributed by atoms with E-state index < -0.39 is 11.8 Å². The van der Waals surface area contributed by atoms with Gasteiger partial charge in [0.25, 0.3) is 0 Å². The van der Waals surface area contributed by atoms with Crippen LogP contribution in [0.15, 0.2) is 16.6 Å². The van der Waals surface area contributed by atoms with Gasteiger partial charge in [-0.05, 0) is 47.4 Å². The van der Waals surface area contributed by atoms with Crippen molar-refractivity contribution in [2.45, 2.75) is 18.9 Å². The molecule has 1 heterocycles. The van der Waals surface area contributed by atoms with Crippen molar-refractivity contribution in [3.8, 4) is 0 Å². The lowest BCUT2D eigenvalue weighted by atomic mass is 10.1. The molecule has 0 saturated carbocycles. The summed E-state index contributed by atoms with van der Waals surface area (Å²) in [4.78, 5) is 23.4. The highest BCUT2D eigenvalue weighted by atomic mass is 79.9. The summed E-state index contributed by atoms with van der Waals surface area (Å²) in [5.41, 5.74) is 0.121. The van der Waals surface area contributed by atoms with E-state index in [4.69, 9.17) is 0 Å². The first kappa shape index (κ1) is 14.9. The van der Waals surface area contributed by atoms with E-state index in [1.165, 1.54) is 13.2 Å². The number of anilines is 1. The Morgan fingerprint density at radius 3 is 2.85 bits per heavy atom. The SMILES string of the molecule is COC(=O)c1cc(NC(=O)[C@@H]2CCCN2)c(Br)cc1F. The third-order valence-corrected chi connectivity index (χ3v) is 3.75. The van der Waals surface area contributed by atoms with Crippen LogP contribution >= 0.6 is 15.9 Å². The summed E-state index contributed by atoms with van der Waals surface area (Å²) in [6, 6.07) is 2.13. The quantitative estimate of drug-likeness (QED) is 0.823. The molecule has 2 N–H and O–H groups in total. The van der Waals surface area contributed by atoms with Crippen LogP contribution in [0.3, 0.4) is 0 Å². The highest BCUT2D eigenvalue weighted by Crippen LogP contribution is 2.27. The van der Waals surface area contributed by atoms with E-state index in [0.29, 0.717) is 10.2 Å². The number of esters is 1. The first-order chi connectivity index (χ1) is 9.52. The molecule has 0 spiro atoms. The smallest absolute Gasteiger partial charge is 0.340 e. The van der Waals surface area contributed by atoms with E-state index in [1.54, 1.807) is 0 Å². The standard InChI is InChI=1S/C13H14BrFN2O3/c1-20-13(19)7-5-11(8(14)6-9(7)15)17-12(18)10-3-2-4-16-10/h5-6,10,16H,2-4H2,1H3,(H,17,18)/t10-/m0/s1. The molecule has 1 aromatic rings. The van der Waals surface area contributed by atoms with E-state index in [9.17, 15) is 14.0 Å². The fourth-order valence-electron chi connectivity index (χ4n) is 2.04. The zero-order valence-electron chi connectivity index (χ0n) is 10.8. The largest absolute Gasteiger partial charge is 0.465 e. The molecular weight excluding hydrogens is 331 g/mol. The van der Waals surface area contributed by atoms with Crippen molar-refractivity contribution < 1.29 is 18.7 Å². The number of methoxy groups -OCH3 is 1. The molecule has 0 aromatic heterocycles. The fourth-order valence-corrected chi connectivity index (χ4v) is 2.45. The molecule has 1 aliphatic heterocycles. The number of carbonyl (C=O) groups is 2. The minimum Gasteiger partial charge on any atom is -0.465 e. The van der Waals surface area contributed by atoms with Gasteiger partial charge < -0.3 is 15.4 Å². The number of hydrogen-bond donors (Lipinski definition) is 2. The van der Waals surface area contributed by atoms with E-state index >= 15 is 0 Å². The second kappa shape index (κ2) is 6.32. The zero-order chi connectivity index (χ0) is 14.7. The zero-order valence-corrected chi connectivity index (χ0v) is 12.4. The molecule has 1 aliphatic rings. The van der Waals surface area contributed by atoms with Crippen LogP contribution in [0.25, 0.3) is 0 Å². The summed E-state index contributed by atoms with van der Waals surface area (Å²) in [5.74, 6) is -1.70. The lowest BCUT2D eigenvalue weighted by molar-refractivity contribution is -0.117. The number of carbonyl (C=O) groups excluding carboxylic acids is 2. The predicted octanol–water partition coefficient (Wildman–Crippen LogP) is 2.07. The molecule has 1 atom stereocenters. The number of amides is 1. The van der Waals surface area contributed by atoms with E-state index in [-0.39, 0.29) is 17.5 Å². The van der Waals surface area contributed by atoms with Crippen LogP contribution in [0.5, 0.6) is 0 Å². The molecule has 1 amide bonds. The third kappa shape index (κ3) is 3.16. The molecule has 0 radical (unpaired) electrons. The number of rotatable bonds is 3. The molecule has 1 saturated heterocycles. The van der Waals surface area contributed by atoms with Crippen molar-refractivity contribution in [2.75, 3.05) is 19.0 Å². The van der Waals surface area contributed by atoms with Crippen LogP contribution in [-0.4, -0.2) is 31.6 Å². The van der Waals surface area contributed by atoms with Crippen LogP contribution in [0, 0.1) is 5.82 Å². The lowest BCUT2D eigenvalue weighted by Crippen LogP contribution is -2.35. The van der Waals surface area contributed by atoms with Crippen LogP contribution in [0.4, 0.5) is 10.1 Å². The lowest BCUT2D eigenvalue weighted by Gasteiger charge is -2.13. The maximum Gasteiger partial charge on any atom is 0.340 e. The Bertz CT molecular complexity index is 545. The van der Waals surface area contributed by atoms with Crippen molar-refractivity contribution in [3.63, 3.8) is 0 Å². The summed E-state index contributed by atoms with van der Waals surface area (Å²) < 4.78 is 18.5. The average Bonchev–Trinajstić information content (AvgIpc) is 2.95. The summed E-state index contributed by atoms with van der Waals surface area (Å²) in [7, 11) is 1.17. The van der Waals surface area contributed by atoms with Gasteiger partial charge in [0.05, 0.1) is 24.4 Å². The summed E-state index contributed by atoms with van der Waals surface area (Å²) >= 11 is 3.16. The van der Waals surface area contributed by atoms with Gasteiger partial charge >= 0.3 is 5.97 Å². The number of hydrogen-bond acceptors (Lipinski definition) is 4. The van der Waals surface area contributed by atoms with E-state index in [0.717, 1.165) is 25.5 Å². The number of halogens is 2. The Hall–Kier alpha value is -1.47. The Morgan fingerprint density at radius 1 is 1.50 bits per heavy atom. The first-order valence-corrected chi connectivity index (χ1v) is 6.94. The normalized spacial score (nSPS) is 17.9. The third-order valence-electron chi connectivity index (χ3n) is 3.10. The summed E-state index contributed by atoms with van der Waals surface area (Å²) in [6.45, 7) is 0.802. The van der Waals surface area contributed by atoms with Crippen LogP contribution in [0.2, 0.25) is 0 Å². The monoisotopic (exact) mass is 344 g/mol. The fraction of sp³-hybridized carbons (Fsp3) is 0.385. The molecule has 7 heteroatoms. The molecule has 1 aromatic carbocycles. The van der Waals surface area contributed by atoms with Gasteiger partial charge in [0.2, 0.25) is 5.91 Å². The van der Waals surface area contributed by atoms with Crippen molar-refractivity contribution in [3.05, 3.63) is 28.0 Å². The summed E-state index contributed by atoms with van der Waals surface area (Å²) in [5, 5.41) is 5.74. The molecular formula is C13H14BrFN2O3. The maximum absolute atomic E-state index is 13.7. The molecule has 1 fully saturated rings. The van der Waals surface area contributed by atoms with Gasteiger partial charge in [-0.3, -0.25) is 4.79 Å². The van der Waals surface area contributed by atoms with Gasteiger partial charge in [0, 0.05) is 4.47 Å². The number of benzene rings is 1. The minimum atomic E-state index is -0.788. The van der Waals surface area contributed by atoms with Crippen LogP contribution < -0.4 is 10.6 Å². The molecule has 108 valence electrons. The van der Waals surface area contributed by atoms with Crippen LogP contribution in [0.1, 0.15) is 23.2 Å². The summed E-state index contributed by atoms with van der Waals surface area (Å²) in [6.07, 6.45) is 1.70. The topological polar surface area (TPSA) is 67.4 Å². The average molecular weight is 345 g/mol. The highest BCUT2D eigenvalue weighted by Gasteiger charge is 2.23. The van der Waals surface area contributed by atoms with Crippen molar-refractivity contribution in [2.24, 2.45) is 0 Å². The minimum absolute atomic E-state index is 0.203. The van der Waals surface area contributed by atoms with Crippen molar-refractivity contribution in [1.29, 1.82) is 0 Å². The highest BCUT2D eigenvalue weighted by molar-refractivity contribution is 9.10. The van der Waals surface area contributed by atoms with Gasteiger partial charge in [-0.1, -0.05) is 0 Å². The van der Waals surface area contributed by atoms with Gasteiger partial charge in [-0.2, -0.15) is 0 Å². The molecule has 2 rings (SSSR count). The van der Waals surface area contributed by atoms with Gasteiger partial charge in [0.1, 0.15) is 5.82 Å². The van der Waals surface area contributed by atoms with Crippen molar-refractivity contribution >= 4 is 33.5 Å². The second-order valence-corrected chi connectivity index (χ2v) is 5.30. The van der Waals surface area contributed by atoms with Gasteiger partial charge in [-0.25, -0.2) is 9.18 Å². The van der Waals surface area contributed by atoms with Crippen LogP contribution in [-0.2, 0) is 9.53 Å². The molecule has 0 unspecified atom stereocenters.